The first-order valence-electron chi connectivity index (χ1n) is 7.25. The maximum Gasteiger partial charge on any atom is 0.344 e. The van der Waals surface area contributed by atoms with Crippen molar-refractivity contribution >= 4 is 17.8 Å². The first-order chi connectivity index (χ1) is 10.5. The lowest BCUT2D eigenvalue weighted by Gasteiger charge is -2.33. The molecule has 1 spiro atoms. The summed E-state index contributed by atoms with van der Waals surface area (Å²) < 4.78 is 0. The highest BCUT2D eigenvalue weighted by atomic mass is 16.2. The first-order valence-corrected chi connectivity index (χ1v) is 7.25. The van der Waals surface area contributed by atoms with Gasteiger partial charge in [-0.2, -0.15) is 5.01 Å². The van der Waals surface area contributed by atoms with Gasteiger partial charge in [0.2, 0.25) is 0 Å². The molecule has 4 amide bonds. The summed E-state index contributed by atoms with van der Waals surface area (Å²) in [5, 5.41) is 3.49. The predicted molar refractivity (Wildman–Crippen MR) is 75.2 cm³/mol. The molecule has 3 rings (SSSR count). The van der Waals surface area contributed by atoms with Gasteiger partial charge >= 0.3 is 6.03 Å². The van der Waals surface area contributed by atoms with Crippen LogP contribution in [0, 0.1) is 5.92 Å². The lowest BCUT2D eigenvalue weighted by atomic mass is 9.77. The van der Waals surface area contributed by atoms with Crippen LogP contribution in [0.5, 0.6) is 0 Å². The molecule has 1 aromatic rings. The maximum atomic E-state index is 12.6. The maximum absolute atomic E-state index is 12.6. The molecule has 0 atom stereocenters. The van der Waals surface area contributed by atoms with E-state index in [1.165, 1.54) is 18.6 Å². The minimum absolute atomic E-state index is 0.0429. The van der Waals surface area contributed by atoms with E-state index in [4.69, 9.17) is 0 Å². The quantitative estimate of drug-likeness (QED) is 0.779. The number of nitrogens with one attached hydrogen (secondary N) is 2. The molecule has 0 unspecified atom stereocenters. The van der Waals surface area contributed by atoms with Crippen molar-refractivity contribution < 1.29 is 14.4 Å². The zero-order chi connectivity index (χ0) is 15.7. The minimum atomic E-state index is -0.876. The highest BCUT2D eigenvalue weighted by Crippen LogP contribution is 2.35. The van der Waals surface area contributed by atoms with E-state index in [1.807, 2.05) is 0 Å². The Labute approximate surface area is 127 Å². The Balaban J connectivity index is 1.74. The van der Waals surface area contributed by atoms with E-state index in [9.17, 15) is 14.4 Å². The van der Waals surface area contributed by atoms with Crippen LogP contribution in [0.15, 0.2) is 18.6 Å². The number of aromatic nitrogens is 2. The number of nitrogens with zero attached hydrogens (tertiary/aromatic N) is 3. The molecule has 0 aromatic carbocycles. The fourth-order valence-corrected chi connectivity index (χ4v) is 2.89. The van der Waals surface area contributed by atoms with E-state index < -0.39 is 23.4 Å². The number of hydrazine groups is 1. The molecule has 22 heavy (non-hydrogen) atoms. The summed E-state index contributed by atoms with van der Waals surface area (Å²) in [6, 6.07) is -0.600. The second-order valence-corrected chi connectivity index (χ2v) is 5.87. The standard InChI is InChI=1S/C14H17N5O3/c1-9-2-4-14(5-3-9)12(21)19(13(22)17-14)18-11(20)10-8-15-6-7-16-10/h6-9H,2-5H2,1H3,(H,17,22)(H,18,20). The molecule has 2 aliphatic rings. The van der Waals surface area contributed by atoms with Crippen molar-refractivity contribution in [3.05, 3.63) is 24.3 Å². The molecule has 0 radical (unpaired) electrons. The zero-order valence-corrected chi connectivity index (χ0v) is 12.2. The van der Waals surface area contributed by atoms with Crippen molar-refractivity contribution in [3.8, 4) is 0 Å². The number of carbonyl (C=O) groups excluding carboxylic acids is 3. The van der Waals surface area contributed by atoms with Crippen molar-refractivity contribution in [2.75, 3.05) is 0 Å². The van der Waals surface area contributed by atoms with E-state index in [-0.39, 0.29) is 5.69 Å². The normalized spacial score (nSPS) is 27.9. The molecular formula is C14H17N5O3. The van der Waals surface area contributed by atoms with Crippen LogP contribution in [0.4, 0.5) is 4.79 Å². The van der Waals surface area contributed by atoms with Crippen LogP contribution >= 0.6 is 0 Å². The van der Waals surface area contributed by atoms with Gasteiger partial charge in [0.1, 0.15) is 11.2 Å². The third-order valence-electron chi connectivity index (χ3n) is 4.30. The lowest BCUT2D eigenvalue weighted by Crippen LogP contribution is -2.51. The topological polar surface area (TPSA) is 104 Å². The minimum Gasteiger partial charge on any atom is -0.322 e. The van der Waals surface area contributed by atoms with E-state index in [2.05, 4.69) is 27.6 Å². The van der Waals surface area contributed by atoms with Crippen LogP contribution in [0.2, 0.25) is 0 Å². The van der Waals surface area contributed by atoms with E-state index in [1.54, 1.807) is 0 Å². The van der Waals surface area contributed by atoms with Crippen LogP contribution in [0.25, 0.3) is 0 Å². The average molecular weight is 303 g/mol. The summed E-state index contributed by atoms with van der Waals surface area (Å²) in [6.07, 6.45) is 7.00. The van der Waals surface area contributed by atoms with Gasteiger partial charge in [0.25, 0.3) is 11.8 Å². The molecule has 1 aromatic heterocycles. The van der Waals surface area contributed by atoms with Gasteiger partial charge in [-0.15, -0.1) is 0 Å². The Bertz CT molecular complexity index is 610. The van der Waals surface area contributed by atoms with E-state index >= 15 is 0 Å². The molecule has 2 heterocycles. The highest BCUT2D eigenvalue weighted by molar-refractivity contribution is 6.09. The van der Waals surface area contributed by atoms with E-state index in [0.717, 1.165) is 17.9 Å². The molecule has 1 saturated heterocycles. The second-order valence-electron chi connectivity index (χ2n) is 5.87. The van der Waals surface area contributed by atoms with Gasteiger partial charge < -0.3 is 5.32 Å². The molecule has 116 valence electrons. The number of rotatable bonds is 2. The third kappa shape index (κ3) is 2.40. The highest BCUT2D eigenvalue weighted by Gasteiger charge is 2.52. The van der Waals surface area contributed by atoms with Crippen LogP contribution in [0.3, 0.4) is 0 Å². The first kappa shape index (κ1) is 14.4. The second kappa shape index (κ2) is 5.36. The predicted octanol–water partition coefficient (Wildman–Crippen LogP) is 0.622. The summed E-state index contributed by atoms with van der Waals surface area (Å²) in [7, 11) is 0. The fraction of sp³-hybridized carbons (Fsp3) is 0.500. The SMILES string of the molecule is CC1CCC2(CC1)NC(=O)N(NC(=O)c1cnccn1)C2=O. The molecule has 1 aliphatic carbocycles. The summed E-state index contributed by atoms with van der Waals surface area (Å²) in [4.78, 5) is 44.3. The third-order valence-corrected chi connectivity index (χ3v) is 4.30. The Morgan fingerprint density at radius 2 is 2.09 bits per heavy atom. The van der Waals surface area contributed by atoms with Crippen LogP contribution in [0.1, 0.15) is 43.1 Å². The Hall–Kier alpha value is -2.51. The van der Waals surface area contributed by atoms with Gasteiger partial charge in [-0.25, -0.2) is 9.78 Å². The van der Waals surface area contributed by atoms with Gasteiger partial charge in [0.05, 0.1) is 6.20 Å². The largest absolute Gasteiger partial charge is 0.344 e. The van der Waals surface area contributed by atoms with Crippen LogP contribution in [-0.2, 0) is 4.79 Å². The molecule has 8 heteroatoms. The number of imide groups is 1. The molecule has 2 N–H and O–H groups in total. The van der Waals surface area contributed by atoms with Crippen molar-refractivity contribution in [1.82, 2.24) is 25.7 Å². The van der Waals surface area contributed by atoms with Crippen LogP contribution in [-0.4, -0.2) is 38.4 Å². The molecule has 1 aliphatic heterocycles. The lowest BCUT2D eigenvalue weighted by molar-refractivity contribution is -0.134. The Kier molecular flexibility index (Phi) is 3.51. The van der Waals surface area contributed by atoms with Crippen LogP contribution < -0.4 is 10.7 Å². The van der Waals surface area contributed by atoms with Crippen molar-refractivity contribution in [2.24, 2.45) is 5.92 Å². The molecule has 8 nitrogen and oxygen atoms in total. The van der Waals surface area contributed by atoms with E-state index in [0.29, 0.717) is 18.8 Å². The number of hydrogen-bond acceptors (Lipinski definition) is 5. The van der Waals surface area contributed by atoms with Gasteiger partial charge in [-0.1, -0.05) is 6.92 Å². The fourth-order valence-electron chi connectivity index (χ4n) is 2.89. The molecular weight excluding hydrogens is 286 g/mol. The van der Waals surface area contributed by atoms with Gasteiger partial charge in [-0.05, 0) is 31.6 Å². The number of urea groups is 1. The van der Waals surface area contributed by atoms with Crippen molar-refractivity contribution in [1.29, 1.82) is 0 Å². The summed E-state index contributed by atoms with van der Waals surface area (Å²) >= 11 is 0. The zero-order valence-electron chi connectivity index (χ0n) is 12.2. The number of hydrogen-bond donors (Lipinski definition) is 2. The van der Waals surface area contributed by atoms with Crippen molar-refractivity contribution in [3.63, 3.8) is 0 Å². The summed E-state index contributed by atoms with van der Waals surface area (Å²) in [6.45, 7) is 2.13. The van der Waals surface area contributed by atoms with Gasteiger partial charge in [0, 0.05) is 12.4 Å². The number of amides is 4. The average Bonchev–Trinajstić information content (AvgIpc) is 2.76. The summed E-state index contributed by atoms with van der Waals surface area (Å²) in [5.74, 6) is -0.502. The Morgan fingerprint density at radius 3 is 2.73 bits per heavy atom. The monoisotopic (exact) mass is 303 g/mol. The molecule has 0 bridgehead atoms. The Morgan fingerprint density at radius 1 is 1.36 bits per heavy atom. The number of carbonyl (C=O) groups is 3. The van der Waals surface area contributed by atoms with Gasteiger partial charge in [-0.3, -0.25) is 20.0 Å². The summed E-state index contributed by atoms with van der Waals surface area (Å²) in [5.41, 5.74) is 1.47. The van der Waals surface area contributed by atoms with Crippen molar-refractivity contribution in [2.45, 2.75) is 38.1 Å². The van der Waals surface area contributed by atoms with Gasteiger partial charge in [0.15, 0.2) is 0 Å². The molecule has 1 saturated carbocycles. The molecule has 2 fully saturated rings. The smallest absolute Gasteiger partial charge is 0.322 e.